The van der Waals surface area contributed by atoms with Crippen molar-refractivity contribution in [1.29, 1.82) is 0 Å². The van der Waals surface area contributed by atoms with Crippen LogP contribution >= 0.6 is 0 Å². The van der Waals surface area contributed by atoms with Crippen LogP contribution in [0.1, 0.15) is 55.2 Å². The quantitative estimate of drug-likeness (QED) is 0.674. The lowest BCUT2D eigenvalue weighted by molar-refractivity contribution is -0.143. The van der Waals surface area contributed by atoms with E-state index in [1.807, 2.05) is 66.4 Å². The number of benzene rings is 2. The number of fused-ring (bicyclic) bond motifs is 2. The second-order valence-electron chi connectivity index (χ2n) is 9.75. The highest BCUT2D eigenvalue weighted by atomic mass is 16.2. The molecule has 2 heterocycles. The summed E-state index contributed by atoms with van der Waals surface area (Å²) in [6, 6.07) is 17.6. The molecule has 0 spiro atoms. The molecule has 2 bridgehead atoms. The van der Waals surface area contributed by atoms with Crippen molar-refractivity contribution in [3.8, 4) is 0 Å². The third-order valence-electron chi connectivity index (χ3n) is 7.68. The van der Waals surface area contributed by atoms with Crippen molar-refractivity contribution in [1.82, 2.24) is 9.80 Å². The number of nitrogens with zero attached hydrogens (tertiary/aromatic N) is 2. The van der Waals surface area contributed by atoms with E-state index in [2.05, 4.69) is 0 Å². The van der Waals surface area contributed by atoms with Crippen molar-refractivity contribution >= 4 is 17.7 Å². The number of amides is 3. The van der Waals surface area contributed by atoms with E-state index in [4.69, 9.17) is 0 Å². The first kappa shape index (κ1) is 20.9. The van der Waals surface area contributed by atoms with Gasteiger partial charge in [-0.3, -0.25) is 19.3 Å². The lowest BCUT2D eigenvalue weighted by Crippen LogP contribution is -2.44. The maximum atomic E-state index is 13.9. The van der Waals surface area contributed by atoms with Crippen LogP contribution < -0.4 is 0 Å². The molecule has 3 aliphatic rings. The highest BCUT2D eigenvalue weighted by Gasteiger charge is 2.55. The fourth-order valence-electron chi connectivity index (χ4n) is 6.08. The molecule has 166 valence electrons. The molecule has 3 atom stereocenters. The molecular weight excluding hydrogens is 400 g/mol. The highest BCUT2D eigenvalue weighted by molar-refractivity contribution is 6.10. The van der Waals surface area contributed by atoms with Crippen LogP contribution in [0.2, 0.25) is 0 Å². The largest absolute Gasteiger partial charge is 0.339 e. The van der Waals surface area contributed by atoms with Crippen molar-refractivity contribution in [2.45, 2.75) is 63.5 Å². The van der Waals surface area contributed by atoms with E-state index in [9.17, 15) is 14.4 Å². The predicted octanol–water partition coefficient (Wildman–Crippen LogP) is 3.98. The number of aryl methyl sites for hydroxylation is 1. The highest BCUT2D eigenvalue weighted by Crippen LogP contribution is 2.44. The fourth-order valence-corrected chi connectivity index (χ4v) is 6.08. The first-order chi connectivity index (χ1) is 15.5. The van der Waals surface area contributed by atoms with Crippen molar-refractivity contribution in [3.63, 3.8) is 0 Å². The Morgan fingerprint density at radius 2 is 1.78 bits per heavy atom. The molecule has 0 N–H and O–H groups in total. The van der Waals surface area contributed by atoms with Crippen LogP contribution in [0.4, 0.5) is 0 Å². The minimum atomic E-state index is -1.12. The Bertz CT molecular complexity index is 1050. The van der Waals surface area contributed by atoms with E-state index < -0.39 is 5.41 Å². The summed E-state index contributed by atoms with van der Waals surface area (Å²) < 4.78 is 0. The molecule has 2 aromatic rings. The average molecular weight is 431 g/mol. The minimum Gasteiger partial charge on any atom is -0.339 e. The molecule has 3 unspecified atom stereocenters. The maximum Gasteiger partial charge on any atom is 0.241 e. The molecule has 32 heavy (non-hydrogen) atoms. The van der Waals surface area contributed by atoms with Crippen molar-refractivity contribution < 1.29 is 14.4 Å². The molecular formula is C27H30N2O3. The normalized spacial score (nSPS) is 27.3. The Balaban J connectivity index is 1.49. The Morgan fingerprint density at radius 1 is 1.03 bits per heavy atom. The monoisotopic (exact) mass is 430 g/mol. The van der Waals surface area contributed by atoms with Crippen LogP contribution in [0.5, 0.6) is 0 Å². The fraction of sp³-hybridized carbons (Fsp3) is 0.444. The van der Waals surface area contributed by atoms with Crippen LogP contribution in [-0.2, 0) is 26.3 Å². The molecule has 1 aliphatic carbocycles. The van der Waals surface area contributed by atoms with Crippen LogP contribution in [0.25, 0.3) is 0 Å². The first-order valence-electron chi connectivity index (χ1n) is 11.7. The van der Waals surface area contributed by atoms with Gasteiger partial charge in [0, 0.05) is 25.4 Å². The summed E-state index contributed by atoms with van der Waals surface area (Å²) in [5, 5.41) is 0. The topological polar surface area (TPSA) is 57.7 Å². The number of carbonyl (C=O) groups is 3. The van der Waals surface area contributed by atoms with Crippen LogP contribution in [0, 0.1) is 12.8 Å². The smallest absolute Gasteiger partial charge is 0.241 e. The molecule has 0 radical (unpaired) electrons. The summed E-state index contributed by atoms with van der Waals surface area (Å²) >= 11 is 0. The van der Waals surface area contributed by atoms with Gasteiger partial charge in [-0.15, -0.1) is 0 Å². The van der Waals surface area contributed by atoms with Gasteiger partial charge in [-0.1, -0.05) is 61.0 Å². The van der Waals surface area contributed by atoms with Gasteiger partial charge in [-0.25, -0.2) is 0 Å². The van der Waals surface area contributed by atoms with Gasteiger partial charge in [0.25, 0.3) is 0 Å². The zero-order chi connectivity index (χ0) is 22.3. The van der Waals surface area contributed by atoms with E-state index in [1.165, 1.54) is 17.7 Å². The lowest BCUT2D eigenvalue weighted by Gasteiger charge is -2.32. The molecule has 1 saturated carbocycles. The summed E-state index contributed by atoms with van der Waals surface area (Å²) in [7, 11) is 0. The second kappa shape index (κ2) is 8.19. The summed E-state index contributed by atoms with van der Waals surface area (Å²) in [6.07, 6.45) is 4.60. The summed E-state index contributed by atoms with van der Waals surface area (Å²) in [6.45, 7) is 3.00. The van der Waals surface area contributed by atoms with Gasteiger partial charge < -0.3 is 4.90 Å². The van der Waals surface area contributed by atoms with Crippen LogP contribution in [0.3, 0.4) is 0 Å². The average Bonchev–Trinajstić information content (AvgIpc) is 3.22. The van der Waals surface area contributed by atoms with E-state index in [-0.39, 0.29) is 37.1 Å². The van der Waals surface area contributed by atoms with Crippen molar-refractivity contribution in [3.05, 3.63) is 71.3 Å². The molecule has 2 aromatic carbocycles. The van der Waals surface area contributed by atoms with Gasteiger partial charge in [0.2, 0.25) is 17.7 Å². The Kier molecular flexibility index (Phi) is 5.36. The molecule has 3 fully saturated rings. The van der Waals surface area contributed by atoms with Crippen molar-refractivity contribution in [2.75, 3.05) is 6.54 Å². The van der Waals surface area contributed by atoms with Crippen LogP contribution in [-0.4, -0.2) is 40.1 Å². The molecule has 5 nitrogen and oxygen atoms in total. The number of hydrogen-bond acceptors (Lipinski definition) is 3. The zero-order valence-corrected chi connectivity index (χ0v) is 18.6. The third kappa shape index (κ3) is 3.54. The Morgan fingerprint density at radius 3 is 2.53 bits per heavy atom. The van der Waals surface area contributed by atoms with E-state index in [1.54, 1.807) is 0 Å². The third-order valence-corrected chi connectivity index (χ3v) is 7.68. The number of likely N-dealkylation sites (tertiary alicyclic amines) is 2. The molecule has 5 rings (SSSR count). The van der Waals surface area contributed by atoms with Crippen molar-refractivity contribution in [2.24, 2.45) is 5.92 Å². The number of hydrogen-bond donors (Lipinski definition) is 0. The van der Waals surface area contributed by atoms with E-state index >= 15 is 0 Å². The summed E-state index contributed by atoms with van der Waals surface area (Å²) in [4.78, 5) is 44.0. The maximum absolute atomic E-state index is 13.9. The molecule has 2 saturated heterocycles. The lowest BCUT2D eigenvalue weighted by atomic mass is 9.74. The summed E-state index contributed by atoms with van der Waals surface area (Å²) in [5.74, 6) is 0.166. The molecule has 0 aromatic heterocycles. The predicted molar refractivity (Wildman–Crippen MR) is 122 cm³/mol. The Labute approximate surface area is 189 Å². The number of rotatable bonds is 5. The van der Waals surface area contributed by atoms with Gasteiger partial charge in [0.15, 0.2) is 0 Å². The second-order valence-corrected chi connectivity index (χ2v) is 9.75. The van der Waals surface area contributed by atoms with Gasteiger partial charge in [-0.2, -0.15) is 0 Å². The van der Waals surface area contributed by atoms with E-state index in [0.717, 1.165) is 36.1 Å². The van der Waals surface area contributed by atoms with Gasteiger partial charge in [0.1, 0.15) is 0 Å². The summed E-state index contributed by atoms with van der Waals surface area (Å²) in [5.41, 5.74) is 1.55. The van der Waals surface area contributed by atoms with Gasteiger partial charge in [-0.05, 0) is 48.8 Å². The molecule has 5 heteroatoms. The van der Waals surface area contributed by atoms with Crippen LogP contribution in [0.15, 0.2) is 54.6 Å². The number of imide groups is 1. The SMILES string of the molecule is Cc1ccccc1C1(CC(=O)N2CC3CCCC2C3)CC(=O)N(Cc2ccccc2)C1=O. The zero-order valence-electron chi connectivity index (χ0n) is 18.6. The first-order valence-corrected chi connectivity index (χ1v) is 11.7. The van der Waals surface area contributed by atoms with Gasteiger partial charge >= 0.3 is 0 Å². The standard InChI is InChI=1S/C27H30N2O3/c1-19-8-5-6-13-23(19)27(15-24(30)28-18-21-11-7-12-22(28)14-21)16-25(31)29(26(27)32)17-20-9-3-2-4-10-20/h2-6,8-10,13,21-22H,7,11-12,14-18H2,1H3. The Hall–Kier alpha value is -2.95. The van der Waals surface area contributed by atoms with E-state index in [0.29, 0.717) is 12.0 Å². The minimum absolute atomic E-state index is 0.0189. The number of carbonyl (C=O) groups excluding carboxylic acids is 3. The molecule has 3 amide bonds. The van der Waals surface area contributed by atoms with Gasteiger partial charge in [0.05, 0.1) is 12.0 Å². The molecule has 2 aliphatic heterocycles.